The smallest absolute Gasteiger partial charge is 0.0494 e. The minimum atomic E-state index is 0.662. The van der Waals surface area contributed by atoms with Crippen LogP contribution in [0.15, 0.2) is 66.7 Å². The largest absolute Gasteiger partial charge is 0.310 e. The summed E-state index contributed by atoms with van der Waals surface area (Å²) in [7, 11) is 0. The molecular formula is C23H21N. The van der Waals surface area contributed by atoms with E-state index in [-0.39, 0.29) is 0 Å². The zero-order valence-corrected chi connectivity index (χ0v) is 14.0. The Hall–Kier alpha value is -2.54. The van der Waals surface area contributed by atoms with E-state index in [0.717, 1.165) is 19.3 Å². The van der Waals surface area contributed by atoms with E-state index in [9.17, 15) is 0 Å². The predicted molar refractivity (Wildman–Crippen MR) is 100 cm³/mol. The third-order valence-electron chi connectivity index (χ3n) is 5.47. The third-order valence-corrected chi connectivity index (χ3v) is 5.47. The molecular weight excluding hydrogens is 290 g/mol. The SMILES string of the molecule is Cc1ccc2c(c1)CC1Cc3ccccc3N2c2ccccc2C1. The molecule has 3 heterocycles. The monoisotopic (exact) mass is 311 g/mol. The molecule has 3 aliphatic heterocycles. The first-order chi connectivity index (χ1) is 11.8. The summed E-state index contributed by atoms with van der Waals surface area (Å²) >= 11 is 0. The van der Waals surface area contributed by atoms with Gasteiger partial charge in [0.2, 0.25) is 0 Å². The number of hydrogen-bond donors (Lipinski definition) is 0. The van der Waals surface area contributed by atoms with Crippen LogP contribution in [0.2, 0.25) is 0 Å². The molecule has 0 atom stereocenters. The Balaban J connectivity index is 1.87. The van der Waals surface area contributed by atoms with Crippen molar-refractivity contribution in [2.24, 2.45) is 5.92 Å². The summed E-state index contributed by atoms with van der Waals surface area (Å²) in [5, 5.41) is 0. The number of nitrogens with zero attached hydrogens (tertiary/aromatic N) is 1. The molecule has 3 aromatic rings. The van der Waals surface area contributed by atoms with Crippen molar-refractivity contribution in [2.45, 2.75) is 26.2 Å². The average Bonchev–Trinajstić information content (AvgIpc) is 2.56. The Morgan fingerprint density at radius 1 is 0.667 bits per heavy atom. The van der Waals surface area contributed by atoms with E-state index in [1.54, 1.807) is 0 Å². The summed E-state index contributed by atoms with van der Waals surface area (Å²) < 4.78 is 0. The van der Waals surface area contributed by atoms with Crippen LogP contribution in [0.25, 0.3) is 0 Å². The van der Waals surface area contributed by atoms with Gasteiger partial charge in [0, 0.05) is 17.1 Å². The van der Waals surface area contributed by atoms with Gasteiger partial charge in [-0.05, 0) is 67.0 Å². The second-order valence-electron chi connectivity index (χ2n) is 7.20. The zero-order chi connectivity index (χ0) is 16.1. The lowest BCUT2D eigenvalue weighted by Gasteiger charge is -2.38. The topological polar surface area (TPSA) is 3.24 Å². The van der Waals surface area contributed by atoms with Gasteiger partial charge in [0.1, 0.15) is 0 Å². The van der Waals surface area contributed by atoms with Crippen LogP contribution in [0.1, 0.15) is 22.3 Å². The molecule has 2 bridgehead atoms. The molecule has 1 nitrogen and oxygen atoms in total. The average molecular weight is 311 g/mol. The van der Waals surface area contributed by atoms with Gasteiger partial charge in [-0.2, -0.15) is 0 Å². The molecule has 3 aliphatic rings. The lowest BCUT2D eigenvalue weighted by atomic mass is 9.81. The van der Waals surface area contributed by atoms with Gasteiger partial charge in [0.05, 0.1) is 0 Å². The maximum atomic E-state index is 2.49. The van der Waals surface area contributed by atoms with Gasteiger partial charge in [-0.1, -0.05) is 54.1 Å². The summed E-state index contributed by atoms with van der Waals surface area (Å²) in [5.41, 5.74) is 9.84. The quantitative estimate of drug-likeness (QED) is 0.512. The van der Waals surface area contributed by atoms with Crippen molar-refractivity contribution < 1.29 is 0 Å². The molecule has 0 saturated carbocycles. The standard InChI is InChI=1S/C23H21N/c1-16-10-11-23-20(12-16)15-17-13-18-6-2-4-8-21(18)24(23)22-9-5-3-7-19(22)14-17/h2-12,17H,13-15H2,1H3. The summed E-state index contributed by atoms with van der Waals surface area (Å²) in [5.74, 6) is 0.662. The lowest BCUT2D eigenvalue weighted by Crippen LogP contribution is -2.26. The summed E-state index contributed by atoms with van der Waals surface area (Å²) in [6, 6.07) is 24.8. The van der Waals surface area contributed by atoms with Gasteiger partial charge in [-0.3, -0.25) is 0 Å². The van der Waals surface area contributed by atoms with Crippen LogP contribution >= 0.6 is 0 Å². The van der Waals surface area contributed by atoms with Crippen LogP contribution in [0.5, 0.6) is 0 Å². The number of aryl methyl sites for hydroxylation is 1. The van der Waals surface area contributed by atoms with E-state index in [4.69, 9.17) is 0 Å². The van der Waals surface area contributed by atoms with Crippen molar-refractivity contribution in [3.63, 3.8) is 0 Å². The first-order valence-electron chi connectivity index (χ1n) is 8.85. The van der Waals surface area contributed by atoms with E-state index in [2.05, 4.69) is 78.6 Å². The highest BCUT2D eigenvalue weighted by atomic mass is 15.2. The highest BCUT2D eigenvalue weighted by Crippen LogP contribution is 2.46. The number of benzene rings is 3. The maximum Gasteiger partial charge on any atom is 0.0494 e. The fraction of sp³-hybridized carbons (Fsp3) is 0.217. The second kappa shape index (κ2) is 5.24. The normalized spacial score (nSPS) is 15.8. The number of para-hydroxylation sites is 2. The minimum Gasteiger partial charge on any atom is -0.310 e. The molecule has 0 N–H and O–H groups in total. The molecule has 0 fully saturated rings. The molecule has 0 aliphatic carbocycles. The Bertz CT molecular complexity index is 875. The maximum absolute atomic E-state index is 2.49. The van der Waals surface area contributed by atoms with Crippen molar-refractivity contribution in [1.82, 2.24) is 0 Å². The highest BCUT2D eigenvalue weighted by Gasteiger charge is 2.29. The number of rotatable bonds is 0. The molecule has 24 heavy (non-hydrogen) atoms. The van der Waals surface area contributed by atoms with Gasteiger partial charge in [0.25, 0.3) is 0 Å². The van der Waals surface area contributed by atoms with Gasteiger partial charge < -0.3 is 4.90 Å². The molecule has 0 radical (unpaired) electrons. The van der Waals surface area contributed by atoms with Crippen LogP contribution in [-0.4, -0.2) is 0 Å². The van der Waals surface area contributed by atoms with Gasteiger partial charge in [-0.15, -0.1) is 0 Å². The van der Waals surface area contributed by atoms with Crippen LogP contribution in [0, 0.1) is 12.8 Å². The Morgan fingerprint density at radius 3 is 1.88 bits per heavy atom. The molecule has 0 spiro atoms. The third kappa shape index (κ3) is 2.08. The van der Waals surface area contributed by atoms with Gasteiger partial charge in [-0.25, -0.2) is 0 Å². The Kier molecular flexibility index (Phi) is 3.02. The van der Waals surface area contributed by atoms with Gasteiger partial charge >= 0.3 is 0 Å². The number of anilines is 3. The summed E-state index contributed by atoms with van der Waals surface area (Å²) in [4.78, 5) is 2.49. The van der Waals surface area contributed by atoms with Gasteiger partial charge in [0.15, 0.2) is 0 Å². The van der Waals surface area contributed by atoms with Crippen molar-refractivity contribution in [2.75, 3.05) is 4.90 Å². The first kappa shape index (κ1) is 13.9. The van der Waals surface area contributed by atoms with Crippen molar-refractivity contribution >= 4 is 17.1 Å². The summed E-state index contributed by atoms with van der Waals surface area (Å²) in [6.45, 7) is 2.20. The minimum absolute atomic E-state index is 0.662. The molecule has 3 aromatic carbocycles. The highest BCUT2D eigenvalue weighted by molar-refractivity contribution is 5.83. The van der Waals surface area contributed by atoms with Crippen molar-refractivity contribution in [3.05, 3.63) is 89.0 Å². The molecule has 0 unspecified atom stereocenters. The zero-order valence-electron chi connectivity index (χ0n) is 14.0. The van der Waals surface area contributed by atoms with Crippen molar-refractivity contribution in [3.8, 4) is 0 Å². The Morgan fingerprint density at radius 2 is 1.21 bits per heavy atom. The van der Waals surface area contributed by atoms with Crippen LogP contribution in [0.3, 0.4) is 0 Å². The van der Waals surface area contributed by atoms with E-state index in [1.165, 1.54) is 39.3 Å². The Labute approximate surface area is 143 Å². The van der Waals surface area contributed by atoms with E-state index < -0.39 is 0 Å². The first-order valence-corrected chi connectivity index (χ1v) is 8.85. The van der Waals surface area contributed by atoms with Crippen LogP contribution in [-0.2, 0) is 19.3 Å². The van der Waals surface area contributed by atoms with E-state index in [1.807, 2.05) is 0 Å². The molecule has 118 valence electrons. The molecule has 0 saturated heterocycles. The predicted octanol–water partition coefficient (Wildman–Crippen LogP) is 5.74. The molecule has 0 aromatic heterocycles. The molecule has 0 amide bonds. The fourth-order valence-electron chi connectivity index (χ4n) is 4.44. The summed E-state index contributed by atoms with van der Waals surface area (Å²) in [6.07, 6.45) is 3.49. The lowest BCUT2D eigenvalue weighted by molar-refractivity contribution is 0.512. The van der Waals surface area contributed by atoms with E-state index >= 15 is 0 Å². The second-order valence-corrected chi connectivity index (χ2v) is 7.20. The molecule has 1 heteroatoms. The van der Waals surface area contributed by atoms with Crippen LogP contribution < -0.4 is 4.90 Å². The number of hydrogen-bond acceptors (Lipinski definition) is 1. The van der Waals surface area contributed by atoms with E-state index in [0.29, 0.717) is 5.92 Å². The van der Waals surface area contributed by atoms with Crippen molar-refractivity contribution in [1.29, 1.82) is 0 Å². The molecule has 6 rings (SSSR count). The van der Waals surface area contributed by atoms with Crippen LogP contribution in [0.4, 0.5) is 17.1 Å². The fourth-order valence-corrected chi connectivity index (χ4v) is 4.44.